The number of rotatable bonds is 4. The van der Waals surface area contributed by atoms with Crippen LogP contribution >= 0.6 is 45.5 Å². The molecule has 1 heterocycles. The Kier molecular flexibility index (Phi) is 5.40. The van der Waals surface area contributed by atoms with Gasteiger partial charge in [-0.3, -0.25) is 4.79 Å². The molecule has 1 aromatic carbocycles. The van der Waals surface area contributed by atoms with Crippen molar-refractivity contribution in [3.05, 3.63) is 42.4 Å². The van der Waals surface area contributed by atoms with Crippen LogP contribution in [0.4, 0.5) is 5.69 Å². The second kappa shape index (κ2) is 6.87. The molecule has 0 aliphatic heterocycles. The topological polar surface area (TPSA) is 42.0 Å². The molecule has 20 heavy (non-hydrogen) atoms. The van der Waals surface area contributed by atoms with E-state index in [2.05, 4.69) is 39.8 Å². The number of anilines is 1. The maximum Gasteiger partial charge on any atom is 0.267 e. The quantitative estimate of drug-likeness (QED) is 0.714. The molecule has 0 radical (unpaired) electrons. The number of carbonyl (C=O) groups is 1. The van der Waals surface area contributed by atoms with Gasteiger partial charge in [0.2, 0.25) is 0 Å². The van der Waals surface area contributed by atoms with Crippen LogP contribution in [0.25, 0.3) is 0 Å². The van der Waals surface area contributed by atoms with Crippen LogP contribution in [0.5, 0.6) is 0 Å². The fourth-order valence-corrected chi connectivity index (χ4v) is 3.72. The highest BCUT2D eigenvalue weighted by Crippen LogP contribution is 2.26. The van der Waals surface area contributed by atoms with E-state index in [0.717, 1.165) is 27.1 Å². The Morgan fingerprint density at radius 3 is 2.90 bits per heavy atom. The number of halogens is 2. The molecule has 1 aromatic heterocycles. The van der Waals surface area contributed by atoms with E-state index in [1.165, 1.54) is 11.3 Å². The molecule has 0 atom stereocenters. The monoisotopic (exact) mass is 420 g/mol. The summed E-state index contributed by atoms with van der Waals surface area (Å²) in [7, 11) is 0. The zero-order valence-electron chi connectivity index (χ0n) is 11.2. The second-order valence-corrected chi connectivity index (χ2v) is 7.09. The van der Waals surface area contributed by atoms with Gasteiger partial charge >= 0.3 is 0 Å². The summed E-state index contributed by atoms with van der Waals surface area (Å²) in [6.07, 6.45) is 1.93. The molecule has 0 unspecified atom stereocenters. The maximum atomic E-state index is 12.3. The lowest BCUT2D eigenvalue weighted by atomic mass is 10.3. The van der Waals surface area contributed by atoms with Crippen molar-refractivity contribution in [1.29, 1.82) is 0 Å². The van der Waals surface area contributed by atoms with Gasteiger partial charge in [0.05, 0.1) is 21.4 Å². The summed E-state index contributed by atoms with van der Waals surface area (Å²) in [5, 5.41) is 4.39. The summed E-state index contributed by atoms with van der Waals surface area (Å²) in [5.41, 5.74) is 1.40. The highest BCUT2D eigenvalue weighted by Gasteiger charge is 2.16. The lowest BCUT2D eigenvalue weighted by Crippen LogP contribution is -2.11. The van der Waals surface area contributed by atoms with E-state index in [-0.39, 0.29) is 5.91 Å². The summed E-state index contributed by atoms with van der Waals surface area (Å²) in [4.78, 5) is 17.4. The van der Waals surface area contributed by atoms with Crippen LogP contribution < -0.4 is 5.32 Å². The molecule has 0 aliphatic rings. The molecule has 2 rings (SSSR count). The van der Waals surface area contributed by atoms with Gasteiger partial charge in [-0.25, -0.2) is 4.98 Å². The smallest absolute Gasteiger partial charge is 0.267 e. The Balaban J connectivity index is 2.19. The van der Waals surface area contributed by atoms with Gasteiger partial charge < -0.3 is 5.32 Å². The van der Waals surface area contributed by atoms with Crippen LogP contribution in [0.15, 0.2) is 18.2 Å². The third-order valence-corrected chi connectivity index (χ3v) is 4.89. The van der Waals surface area contributed by atoms with Crippen LogP contribution in [0.2, 0.25) is 5.02 Å². The molecule has 0 spiro atoms. The van der Waals surface area contributed by atoms with Crippen molar-refractivity contribution in [3.8, 4) is 0 Å². The van der Waals surface area contributed by atoms with Gasteiger partial charge in [0, 0.05) is 3.57 Å². The van der Waals surface area contributed by atoms with Gasteiger partial charge in [-0.05, 0) is 60.6 Å². The van der Waals surface area contributed by atoms with Crippen LogP contribution in [-0.4, -0.2) is 10.9 Å². The third-order valence-electron chi connectivity index (χ3n) is 2.69. The summed E-state index contributed by atoms with van der Waals surface area (Å²) in [5.74, 6) is -0.148. The molecular formula is C14H14ClIN2OS. The number of hydrogen-bond donors (Lipinski definition) is 1. The van der Waals surface area contributed by atoms with E-state index in [1.807, 2.05) is 25.1 Å². The summed E-state index contributed by atoms with van der Waals surface area (Å²) in [6.45, 7) is 3.96. The summed E-state index contributed by atoms with van der Waals surface area (Å²) in [6, 6.07) is 5.54. The van der Waals surface area contributed by atoms with E-state index in [4.69, 9.17) is 11.6 Å². The first kappa shape index (κ1) is 15.7. The van der Waals surface area contributed by atoms with Gasteiger partial charge in [0.25, 0.3) is 5.91 Å². The number of aryl methyl sites for hydroxylation is 2. The summed E-state index contributed by atoms with van der Waals surface area (Å²) >= 11 is 9.76. The molecule has 0 saturated carbocycles. The highest BCUT2D eigenvalue weighted by molar-refractivity contribution is 14.1. The Labute approximate surface area is 140 Å². The number of nitrogens with one attached hydrogen (secondary N) is 1. The van der Waals surface area contributed by atoms with Crippen LogP contribution in [-0.2, 0) is 6.42 Å². The van der Waals surface area contributed by atoms with Crippen molar-refractivity contribution in [3.63, 3.8) is 0 Å². The predicted molar refractivity (Wildman–Crippen MR) is 93.0 cm³/mol. The zero-order valence-corrected chi connectivity index (χ0v) is 14.9. The van der Waals surface area contributed by atoms with Crippen molar-refractivity contribution in [2.45, 2.75) is 26.7 Å². The maximum absolute atomic E-state index is 12.3. The average molecular weight is 421 g/mol. The number of thiazole rings is 1. The normalized spacial score (nSPS) is 10.6. The number of benzene rings is 1. The number of nitrogens with zero attached hydrogens (tertiary/aromatic N) is 1. The first-order chi connectivity index (χ1) is 9.51. The first-order valence-electron chi connectivity index (χ1n) is 6.24. The molecule has 0 bridgehead atoms. The van der Waals surface area contributed by atoms with Crippen molar-refractivity contribution < 1.29 is 4.79 Å². The second-order valence-electron chi connectivity index (χ2n) is 4.35. The molecule has 1 N–H and O–H groups in total. The van der Waals surface area contributed by atoms with Gasteiger partial charge in [0.15, 0.2) is 0 Å². The SMILES string of the molecule is CCCc1nc(C)c(C(=O)Nc2ccc(I)cc2Cl)s1. The number of aromatic nitrogens is 1. The van der Waals surface area contributed by atoms with Gasteiger partial charge in [-0.1, -0.05) is 18.5 Å². The molecular weight excluding hydrogens is 407 g/mol. The van der Waals surface area contributed by atoms with Gasteiger partial charge in [0.1, 0.15) is 4.88 Å². The van der Waals surface area contributed by atoms with Crippen molar-refractivity contribution in [1.82, 2.24) is 4.98 Å². The zero-order chi connectivity index (χ0) is 14.7. The number of carbonyl (C=O) groups excluding carboxylic acids is 1. The lowest BCUT2D eigenvalue weighted by Gasteiger charge is -2.06. The molecule has 106 valence electrons. The Hall–Kier alpha value is -0.660. The average Bonchev–Trinajstić information content (AvgIpc) is 2.74. The molecule has 1 amide bonds. The Morgan fingerprint density at radius 1 is 1.50 bits per heavy atom. The Bertz CT molecular complexity index is 642. The fourth-order valence-electron chi connectivity index (χ4n) is 1.75. The van der Waals surface area contributed by atoms with Crippen molar-refractivity contribution in [2.75, 3.05) is 5.32 Å². The van der Waals surface area contributed by atoms with Crippen LogP contribution in [0.1, 0.15) is 33.7 Å². The fraction of sp³-hybridized carbons (Fsp3) is 0.286. The molecule has 0 aliphatic carbocycles. The van der Waals surface area contributed by atoms with Crippen molar-refractivity contribution >= 4 is 57.1 Å². The minimum absolute atomic E-state index is 0.148. The minimum Gasteiger partial charge on any atom is -0.320 e. The van der Waals surface area contributed by atoms with Crippen LogP contribution in [0.3, 0.4) is 0 Å². The molecule has 0 saturated heterocycles. The summed E-state index contributed by atoms with van der Waals surface area (Å²) < 4.78 is 1.03. The van der Waals surface area contributed by atoms with E-state index in [0.29, 0.717) is 15.6 Å². The van der Waals surface area contributed by atoms with E-state index < -0.39 is 0 Å². The highest BCUT2D eigenvalue weighted by atomic mass is 127. The first-order valence-corrected chi connectivity index (χ1v) is 8.51. The third kappa shape index (κ3) is 3.71. The number of amides is 1. The minimum atomic E-state index is -0.148. The standard InChI is InChI=1S/C14H14ClIN2OS/c1-3-4-12-17-8(2)13(20-12)14(19)18-11-6-5-9(16)7-10(11)15/h5-7H,3-4H2,1-2H3,(H,18,19). The number of hydrogen-bond acceptors (Lipinski definition) is 3. The largest absolute Gasteiger partial charge is 0.320 e. The van der Waals surface area contributed by atoms with Gasteiger partial charge in [-0.2, -0.15) is 0 Å². The molecule has 0 fully saturated rings. The van der Waals surface area contributed by atoms with E-state index >= 15 is 0 Å². The predicted octanol–water partition coefficient (Wildman–Crippen LogP) is 4.91. The molecule has 3 nitrogen and oxygen atoms in total. The van der Waals surface area contributed by atoms with Gasteiger partial charge in [-0.15, -0.1) is 11.3 Å². The molecule has 2 aromatic rings. The van der Waals surface area contributed by atoms with Crippen LogP contribution in [0, 0.1) is 10.5 Å². The Morgan fingerprint density at radius 2 is 2.25 bits per heavy atom. The molecule has 6 heteroatoms. The lowest BCUT2D eigenvalue weighted by molar-refractivity contribution is 0.103. The van der Waals surface area contributed by atoms with Crippen molar-refractivity contribution in [2.24, 2.45) is 0 Å². The van der Waals surface area contributed by atoms with E-state index in [9.17, 15) is 4.79 Å². The van der Waals surface area contributed by atoms with E-state index in [1.54, 1.807) is 0 Å².